The highest BCUT2D eigenvalue weighted by Gasteiger charge is 2.20. The predicted molar refractivity (Wildman–Crippen MR) is 69.3 cm³/mol. The normalized spacial score (nSPS) is 14.8. The minimum absolute atomic E-state index is 0.312. The lowest BCUT2D eigenvalue weighted by atomic mass is 9.91. The van der Waals surface area contributed by atoms with Gasteiger partial charge in [-0.05, 0) is 37.5 Å². The Hall–Kier alpha value is -0.280. The Bertz CT molecular complexity index is 353. The van der Waals surface area contributed by atoms with Crippen molar-refractivity contribution in [1.82, 2.24) is 0 Å². The molecule has 0 amide bonds. The van der Waals surface area contributed by atoms with Gasteiger partial charge in [-0.2, -0.15) is 0 Å². The van der Waals surface area contributed by atoms with Gasteiger partial charge in [-0.15, -0.1) is 0 Å². The Morgan fingerprint density at radius 2 is 2.06 bits per heavy atom. The molecule has 0 heterocycles. The summed E-state index contributed by atoms with van der Waals surface area (Å²) in [4.78, 5) is 0. The van der Waals surface area contributed by atoms with Gasteiger partial charge in [-0.25, -0.2) is 0 Å². The first-order valence-electron chi connectivity index (χ1n) is 5.16. The molecular weight excluding hydrogens is 245 g/mol. The number of halogens is 2. The van der Waals surface area contributed by atoms with Crippen LogP contribution in [0.1, 0.15) is 18.9 Å². The van der Waals surface area contributed by atoms with E-state index in [0.717, 1.165) is 12.0 Å². The van der Waals surface area contributed by atoms with E-state index in [2.05, 4.69) is 0 Å². The molecule has 0 spiro atoms. The summed E-state index contributed by atoms with van der Waals surface area (Å²) >= 11 is 11.9. The molecule has 0 saturated heterocycles. The molecule has 0 aliphatic carbocycles. The molecule has 1 aromatic rings. The van der Waals surface area contributed by atoms with E-state index in [1.165, 1.54) is 0 Å². The molecule has 16 heavy (non-hydrogen) atoms. The second kappa shape index (κ2) is 5.87. The Morgan fingerprint density at radius 1 is 1.38 bits per heavy atom. The van der Waals surface area contributed by atoms with Gasteiger partial charge in [0.15, 0.2) is 0 Å². The van der Waals surface area contributed by atoms with Crippen molar-refractivity contribution in [2.24, 2.45) is 5.73 Å². The molecule has 90 valence electrons. The zero-order valence-electron chi connectivity index (χ0n) is 9.59. The Kier molecular flexibility index (Phi) is 5.06. The van der Waals surface area contributed by atoms with Crippen molar-refractivity contribution in [3.8, 4) is 0 Å². The van der Waals surface area contributed by atoms with Crippen LogP contribution < -0.4 is 5.73 Å². The number of ether oxygens (including phenoxy) is 1. The monoisotopic (exact) mass is 261 g/mol. The van der Waals surface area contributed by atoms with Crippen LogP contribution in [0.5, 0.6) is 0 Å². The molecule has 1 atom stereocenters. The molecule has 0 aromatic heterocycles. The molecule has 1 aromatic carbocycles. The summed E-state index contributed by atoms with van der Waals surface area (Å²) in [5, 5.41) is 1.31. The smallest absolute Gasteiger partial charge is 0.0479 e. The molecule has 0 aliphatic heterocycles. The van der Waals surface area contributed by atoms with Gasteiger partial charge >= 0.3 is 0 Å². The summed E-state index contributed by atoms with van der Waals surface area (Å²) < 4.78 is 5.03. The van der Waals surface area contributed by atoms with E-state index in [0.29, 0.717) is 23.1 Å². The molecule has 0 fully saturated rings. The Balaban J connectivity index is 2.71. The first-order valence-corrected chi connectivity index (χ1v) is 5.92. The van der Waals surface area contributed by atoms with E-state index in [1.54, 1.807) is 13.2 Å². The van der Waals surface area contributed by atoms with E-state index in [4.69, 9.17) is 33.7 Å². The van der Waals surface area contributed by atoms with Gasteiger partial charge in [0.2, 0.25) is 0 Å². The molecule has 2 nitrogen and oxygen atoms in total. The number of hydrogen-bond acceptors (Lipinski definition) is 2. The molecule has 2 N–H and O–H groups in total. The summed E-state index contributed by atoms with van der Waals surface area (Å²) in [5.74, 6) is 0. The number of hydrogen-bond donors (Lipinski definition) is 1. The van der Waals surface area contributed by atoms with Crippen molar-refractivity contribution < 1.29 is 4.74 Å². The van der Waals surface area contributed by atoms with Crippen molar-refractivity contribution in [2.75, 3.05) is 13.7 Å². The number of benzene rings is 1. The maximum Gasteiger partial charge on any atom is 0.0479 e. The molecule has 0 saturated carbocycles. The Morgan fingerprint density at radius 3 is 2.62 bits per heavy atom. The number of nitrogens with two attached hydrogens (primary N) is 1. The van der Waals surface area contributed by atoms with Gasteiger partial charge in [-0.1, -0.05) is 29.3 Å². The van der Waals surface area contributed by atoms with Gasteiger partial charge in [0.25, 0.3) is 0 Å². The fraction of sp³-hybridized carbons (Fsp3) is 0.500. The van der Waals surface area contributed by atoms with Gasteiger partial charge in [0.05, 0.1) is 0 Å². The second-order valence-electron chi connectivity index (χ2n) is 4.31. The third-order valence-electron chi connectivity index (χ3n) is 2.49. The van der Waals surface area contributed by atoms with Crippen LogP contribution in [0.3, 0.4) is 0 Å². The van der Waals surface area contributed by atoms with Crippen LogP contribution in [0.2, 0.25) is 10.0 Å². The maximum atomic E-state index is 6.17. The minimum atomic E-state index is -0.312. The molecule has 0 bridgehead atoms. The number of methoxy groups -OCH3 is 1. The summed E-state index contributed by atoms with van der Waals surface area (Å²) in [7, 11) is 1.67. The fourth-order valence-corrected chi connectivity index (χ4v) is 2.00. The Labute approximate surface area is 107 Å². The van der Waals surface area contributed by atoms with Gasteiger partial charge in [0, 0.05) is 29.3 Å². The fourth-order valence-electron chi connectivity index (χ4n) is 1.52. The lowest BCUT2D eigenvalue weighted by Crippen LogP contribution is -2.39. The average molecular weight is 262 g/mol. The molecule has 1 rings (SSSR count). The maximum absolute atomic E-state index is 6.17. The first kappa shape index (κ1) is 13.8. The van der Waals surface area contributed by atoms with Crippen LogP contribution >= 0.6 is 23.2 Å². The third kappa shape index (κ3) is 4.30. The first-order chi connectivity index (χ1) is 7.44. The van der Waals surface area contributed by atoms with Crippen molar-refractivity contribution in [2.45, 2.75) is 25.3 Å². The van der Waals surface area contributed by atoms with Crippen LogP contribution in [-0.4, -0.2) is 19.3 Å². The van der Waals surface area contributed by atoms with Crippen LogP contribution in [0.4, 0.5) is 0 Å². The molecule has 0 radical (unpaired) electrons. The van der Waals surface area contributed by atoms with Crippen molar-refractivity contribution in [3.05, 3.63) is 33.8 Å². The highest BCUT2D eigenvalue weighted by molar-refractivity contribution is 6.35. The average Bonchev–Trinajstić information content (AvgIpc) is 2.19. The minimum Gasteiger partial charge on any atom is -0.385 e. The van der Waals surface area contributed by atoms with Gasteiger partial charge < -0.3 is 10.5 Å². The van der Waals surface area contributed by atoms with E-state index < -0.39 is 0 Å². The lowest BCUT2D eigenvalue weighted by Gasteiger charge is -2.24. The summed E-state index contributed by atoms with van der Waals surface area (Å²) in [6, 6.07) is 5.49. The molecular formula is C12H17Cl2NO. The van der Waals surface area contributed by atoms with Gasteiger partial charge in [-0.3, -0.25) is 0 Å². The van der Waals surface area contributed by atoms with Crippen molar-refractivity contribution in [3.63, 3.8) is 0 Å². The highest BCUT2D eigenvalue weighted by Crippen LogP contribution is 2.25. The molecule has 4 heteroatoms. The molecule has 0 aliphatic rings. The van der Waals surface area contributed by atoms with E-state index >= 15 is 0 Å². The lowest BCUT2D eigenvalue weighted by molar-refractivity contribution is 0.171. The van der Waals surface area contributed by atoms with Gasteiger partial charge in [0.1, 0.15) is 0 Å². The standard InChI is InChI=1S/C12H17Cl2NO/c1-12(15,5-6-16-2)8-9-3-4-10(13)7-11(9)14/h3-4,7H,5-6,8,15H2,1-2H3. The molecule has 1 unspecified atom stereocenters. The zero-order valence-corrected chi connectivity index (χ0v) is 11.1. The zero-order chi connectivity index (χ0) is 12.2. The largest absolute Gasteiger partial charge is 0.385 e. The van der Waals surface area contributed by atoms with E-state index in [9.17, 15) is 0 Å². The van der Waals surface area contributed by atoms with Crippen LogP contribution in [0, 0.1) is 0 Å². The summed E-state index contributed by atoms with van der Waals surface area (Å²) in [6.45, 7) is 2.65. The second-order valence-corrected chi connectivity index (χ2v) is 5.15. The summed E-state index contributed by atoms with van der Waals surface area (Å²) in [6.07, 6.45) is 1.51. The van der Waals surface area contributed by atoms with E-state index in [1.807, 2.05) is 19.1 Å². The number of rotatable bonds is 5. The summed E-state index contributed by atoms with van der Waals surface area (Å²) in [5.41, 5.74) is 6.88. The van der Waals surface area contributed by atoms with E-state index in [-0.39, 0.29) is 5.54 Å². The van der Waals surface area contributed by atoms with Crippen LogP contribution in [0.25, 0.3) is 0 Å². The third-order valence-corrected chi connectivity index (χ3v) is 3.07. The van der Waals surface area contributed by atoms with Crippen LogP contribution in [0.15, 0.2) is 18.2 Å². The van der Waals surface area contributed by atoms with Crippen molar-refractivity contribution in [1.29, 1.82) is 0 Å². The SMILES string of the molecule is COCCC(C)(N)Cc1ccc(Cl)cc1Cl. The highest BCUT2D eigenvalue weighted by atomic mass is 35.5. The topological polar surface area (TPSA) is 35.2 Å². The van der Waals surface area contributed by atoms with Crippen LogP contribution in [-0.2, 0) is 11.2 Å². The predicted octanol–water partition coefficient (Wildman–Crippen LogP) is 3.29. The quantitative estimate of drug-likeness (QED) is 0.883. The van der Waals surface area contributed by atoms with Crippen molar-refractivity contribution >= 4 is 23.2 Å².